The SMILES string of the molecule is C=Cc1ncc(OCCOC)c(N[C@@H](CCC)CCO)n1. The largest absolute Gasteiger partial charge is 0.486 e. The second kappa shape index (κ2) is 10.1. The number of aliphatic hydroxyl groups is 1. The molecule has 21 heavy (non-hydrogen) atoms. The van der Waals surface area contributed by atoms with Crippen LogP contribution in [0.2, 0.25) is 0 Å². The molecule has 0 saturated carbocycles. The number of nitrogens with zero attached hydrogens (tertiary/aromatic N) is 2. The van der Waals surface area contributed by atoms with Gasteiger partial charge >= 0.3 is 0 Å². The second-order valence-corrected chi connectivity index (χ2v) is 4.63. The summed E-state index contributed by atoms with van der Waals surface area (Å²) in [6.45, 7) is 6.85. The first-order valence-corrected chi connectivity index (χ1v) is 7.23. The van der Waals surface area contributed by atoms with Crippen molar-refractivity contribution in [1.29, 1.82) is 0 Å². The number of nitrogens with one attached hydrogen (secondary N) is 1. The number of aliphatic hydroxyl groups excluding tert-OH is 1. The zero-order valence-electron chi connectivity index (χ0n) is 12.8. The normalized spacial score (nSPS) is 12.0. The molecule has 1 aromatic rings. The van der Waals surface area contributed by atoms with Crippen LogP contribution in [0.4, 0.5) is 5.82 Å². The van der Waals surface area contributed by atoms with Gasteiger partial charge in [-0.2, -0.15) is 0 Å². The third kappa shape index (κ3) is 6.10. The summed E-state index contributed by atoms with van der Waals surface area (Å²) in [6, 6.07) is 0.150. The molecule has 0 radical (unpaired) electrons. The lowest BCUT2D eigenvalue weighted by molar-refractivity contribution is 0.146. The van der Waals surface area contributed by atoms with E-state index in [0.29, 0.717) is 37.0 Å². The summed E-state index contributed by atoms with van der Waals surface area (Å²) in [4.78, 5) is 8.54. The van der Waals surface area contributed by atoms with E-state index in [1.54, 1.807) is 19.4 Å². The van der Waals surface area contributed by atoms with E-state index in [2.05, 4.69) is 28.8 Å². The Morgan fingerprint density at radius 2 is 2.24 bits per heavy atom. The average molecular weight is 295 g/mol. The molecule has 1 heterocycles. The van der Waals surface area contributed by atoms with Gasteiger partial charge in [0.25, 0.3) is 0 Å². The maximum Gasteiger partial charge on any atom is 0.180 e. The smallest absolute Gasteiger partial charge is 0.180 e. The van der Waals surface area contributed by atoms with Crippen LogP contribution in [-0.4, -0.2) is 48.0 Å². The molecular formula is C15H25N3O3. The lowest BCUT2D eigenvalue weighted by atomic mass is 10.1. The molecule has 1 atom stereocenters. The third-order valence-electron chi connectivity index (χ3n) is 2.96. The lowest BCUT2D eigenvalue weighted by Gasteiger charge is -2.20. The van der Waals surface area contributed by atoms with Crippen molar-refractivity contribution in [2.24, 2.45) is 0 Å². The van der Waals surface area contributed by atoms with Gasteiger partial charge in [-0.3, -0.25) is 0 Å². The zero-order valence-corrected chi connectivity index (χ0v) is 12.8. The van der Waals surface area contributed by atoms with Crippen molar-refractivity contribution in [1.82, 2.24) is 9.97 Å². The van der Waals surface area contributed by atoms with Crippen LogP contribution in [0.3, 0.4) is 0 Å². The van der Waals surface area contributed by atoms with Gasteiger partial charge in [0, 0.05) is 19.8 Å². The number of rotatable bonds is 11. The van der Waals surface area contributed by atoms with Gasteiger partial charge in [-0.15, -0.1) is 0 Å². The first kappa shape index (κ1) is 17.4. The third-order valence-corrected chi connectivity index (χ3v) is 2.96. The molecule has 118 valence electrons. The Kier molecular flexibility index (Phi) is 8.38. The molecule has 0 fully saturated rings. The van der Waals surface area contributed by atoms with Crippen molar-refractivity contribution in [2.75, 3.05) is 32.2 Å². The number of methoxy groups -OCH3 is 1. The highest BCUT2D eigenvalue weighted by Crippen LogP contribution is 2.23. The van der Waals surface area contributed by atoms with Crippen LogP contribution in [0, 0.1) is 0 Å². The molecule has 0 spiro atoms. The first-order chi connectivity index (χ1) is 10.2. The second-order valence-electron chi connectivity index (χ2n) is 4.63. The summed E-state index contributed by atoms with van der Waals surface area (Å²) in [7, 11) is 1.62. The Bertz CT molecular complexity index is 421. The van der Waals surface area contributed by atoms with E-state index in [9.17, 15) is 0 Å². The van der Waals surface area contributed by atoms with Gasteiger partial charge in [-0.05, 0) is 18.9 Å². The number of ether oxygens (including phenoxy) is 2. The number of hydrogen-bond acceptors (Lipinski definition) is 6. The fraction of sp³-hybridized carbons (Fsp3) is 0.600. The summed E-state index contributed by atoms with van der Waals surface area (Å²) in [5.41, 5.74) is 0. The van der Waals surface area contributed by atoms with E-state index in [0.717, 1.165) is 12.8 Å². The maximum atomic E-state index is 9.15. The minimum atomic E-state index is 0.136. The average Bonchev–Trinajstić information content (AvgIpc) is 2.49. The summed E-state index contributed by atoms with van der Waals surface area (Å²) < 4.78 is 10.6. The molecular weight excluding hydrogens is 270 g/mol. The summed E-state index contributed by atoms with van der Waals surface area (Å²) in [6.07, 6.45) is 5.86. The molecule has 0 aliphatic rings. The molecule has 2 N–H and O–H groups in total. The quantitative estimate of drug-likeness (QED) is 0.609. The number of aromatic nitrogens is 2. The molecule has 0 unspecified atom stereocenters. The Balaban J connectivity index is 2.85. The predicted molar refractivity (Wildman–Crippen MR) is 83.5 cm³/mol. The highest BCUT2D eigenvalue weighted by Gasteiger charge is 2.13. The van der Waals surface area contributed by atoms with E-state index in [4.69, 9.17) is 14.6 Å². The van der Waals surface area contributed by atoms with Gasteiger partial charge in [0.15, 0.2) is 17.4 Å². The topological polar surface area (TPSA) is 76.5 Å². The van der Waals surface area contributed by atoms with Crippen molar-refractivity contribution in [3.05, 3.63) is 18.6 Å². The predicted octanol–water partition coefficient (Wildman–Crippen LogP) is 2.11. The van der Waals surface area contributed by atoms with Gasteiger partial charge in [-0.1, -0.05) is 19.9 Å². The van der Waals surface area contributed by atoms with Crippen molar-refractivity contribution < 1.29 is 14.6 Å². The van der Waals surface area contributed by atoms with E-state index in [-0.39, 0.29) is 12.6 Å². The molecule has 0 aliphatic heterocycles. The van der Waals surface area contributed by atoms with Crippen molar-refractivity contribution in [3.63, 3.8) is 0 Å². The minimum Gasteiger partial charge on any atom is -0.486 e. The van der Waals surface area contributed by atoms with Gasteiger partial charge < -0.3 is 19.9 Å². The Morgan fingerprint density at radius 3 is 2.86 bits per heavy atom. The van der Waals surface area contributed by atoms with Crippen molar-refractivity contribution in [2.45, 2.75) is 32.2 Å². The van der Waals surface area contributed by atoms with E-state index in [1.165, 1.54) is 0 Å². The van der Waals surface area contributed by atoms with Gasteiger partial charge in [-0.25, -0.2) is 9.97 Å². The zero-order chi connectivity index (χ0) is 15.5. The standard InChI is InChI=1S/C15H25N3O3/c1-4-6-12(7-8-19)17-15-13(21-10-9-20-3)11-16-14(5-2)18-15/h5,11-12,19H,2,4,6-10H2,1,3H3,(H,16,17,18)/t12-/m0/s1. The fourth-order valence-electron chi connectivity index (χ4n) is 1.91. The van der Waals surface area contributed by atoms with Crippen LogP contribution in [0.25, 0.3) is 6.08 Å². The molecule has 1 rings (SSSR count). The Labute approximate surface area is 126 Å². The highest BCUT2D eigenvalue weighted by atomic mass is 16.5. The van der Waals surface area contributed by atoms with E-state index < -0.39 is 0 Å². The summed E-state index contributed by atoms with van der Waals surface area (Å²) in [5, 5.41) is 12.5. The van der Waals surface area contributed by atoms with Gasteiger partial charge in [0.1, 0.15) is 6.61 Å². The van der Waals surface area contributed by atoms with Crippen LogP contribution < -0.4 is 10.1 Å². The molecule has 6 nitrogen and oxygen atoms in total. The van der Waals surface area contributed by atoms with E-state index in [1.807, 2.05) is 0 Å². The van der Waals surface area contributed by atoms with Crippen molar-refractivity contribution >= 4 is 11.9 Å². The molecule has 0 amide bonds. The Morgan fingerprint density at radius 1 is 1.43 bits per heavy atom. The highest BCUT2D eigenvalue weighted by molar-refractivity contribution is 5.52. The molecule has 6 heteroatoms. The molecule has 0 saturated heterocycles. The van der Waals surface area contributed by atoms with Crippen LogP contribution in [-0.2, 0) is 4.74 Å². The molecule has 1 aromatic heterocycles. The van der Waals surface area contributed by atoms with E-state index >= 15 is 0 Å². The van der Waals surface area contributed by atoms with Crippen LogP contribution >= 0.6 is 0 Å². The summed E-state index contributed by atoms with van der Waals surface area (Å²) >= 11 is 0. The Hall–Kier alpha value is -1.66. The lowest BCUT2D eigenvalue weighted by Crippen LogP contribution is -2.22. The minimum absolute atomic E-state index is 0.136. The number of hydrogen-bond donors (Lipinski definition) is 2. The maximum absolute atomic E-state index is 9.15. The first-order valence-electron chi connectivity index (χ1n) is 7.23. The molecule has 0 aliphatic carbocycles. The fourth-order valence-corrected chi connectivity index (χ4v) is 1.91. The van der Waals surface area contributed by atoms with Crippen LogP contribution in [0.1, 0.15) is 32.0 Å². The van der Waals surface area contributed by atoms with Crippen LogP contribution in [0.5, 0.6) is 5.75 Å². The van der Waals surface area contributed by atoms with Crippen molar-refractivity contribution in [3.8, 4) is 5.75 Å². The van der Waals surface area contributed by atoms with Gasteiger partial charge in [0.2, 0.25) is 0 Å². The monoisotopic (exact) mass is 295 g/mol. The molecule has 0 bridgehead atoms. The van der Waals surface area contributed by atoms with Crippen LogP contribution in [0.15, 0.2) is 12.8 Å². The van der Waals surface area contributed by atoms with Gasteiger partial charge in [0.05, 0.1) is 12.8 Å². The molecule has 0 aromatic carbocycles. The number of anilines is 1. The summed E-state index contributed by atoms with van der Waals surface area (Å²) in [5.74, 6) is 1.75.